The number of urea groups is 1. The number of carbonyl (C=O) groups excluding carboxylic acids is 3. The molecule has 2 saturated heterocycles. The summed E-state index contributed by atoms with van der Waals surface area (Å²) in [6.45, 7) is 7.24. The molecule has 0 radical (unpaired) electrons. The summed E-state index contributed by atoms with van der Waals surface area (Å²) in [6.07, 6.45) is 3.28. The quantitative estimate of drug-likeness (QED) is 0.557. The van der Waals surface area contributed by atoms with Gasteiger partial charge >= 0.3 is 12.0 Å². The van der Waals surface area contributed by atoms with Crippen LogP contribution in [-0.4, -0.2) is 69.0 Å². The summed E-state index contributed by atoms with van der Waals surface area (Å²) in [5.74, 6) is -1.59. The first-order valence-corrected chi connectivity index (χ1v) is 13.2. The first-order chi connectivity index (χ1) is 16.1. The van der Waals surface area contributed by atoms with Gasteiger partial charge in [-0.25, -0.2) is 18.0 Å². The molecule has 34 heavy (non-hydrogen) atoms. The maximum atomic E-state index is 13.2. The molecule has 2 heterocycles. The highest BCUT2D eigenvalue weighted by molar-refractivity contribution is 7.89. The maximum absolute atomic E-state index is 13.2. The summed E-state index contributed by atoms with van der Waals surface area (Å²) in [5, 5.41) is 4.66. The van der Waals surface area contributed by atoms with Crippen molar-refractivity contribution < 1.29 is 27.5 Å². The van der Waals surface area contributed by atoms with E-state index in [2.05, 4.69) is 10.6 Å². The second-order valence-electron chi connectivity index (χ2n) is 9.00. The van der Waals surface area contributed by atoms with Gasteiger partial charge in [0.15, 0.2) is 6.10 Å². The van der Waals surface area contributed by atoms with E-state index >= 15 is 0 Å². The van der Waals surface area contributed by atoms with E-state index in [4.69, 9.17) is 4.74 Å². The number of sulfonamides is 1. The predicted molar refractivity (Wildman–Crippen MR) is 127 cm³/mol. The summed E-state index contributed by atoms with van der Waals surface area (Å²) in [6, 6.07) is 3.66. The number of nitrogens with zero attached hydrogens (tertiary/aromatic N) is 2. The molecular formula is C23H34N4O6S. The molecule has 2 aliphatic heterocycles. The molecule has 0 bridgehead atoms. The van der Waals surface area contributed by atoms with E-state index in [0.29, 0.717) is 18.8 Å². The zero-order valence-corrected chi connectivity index (χ0v) is 20.8. The minimum Gasteiger partial charge on any atom is -0.449 e. The highest BCUT2D eigenvalue weighted by atomic mass is 32.2. The average Bonchev–Trinajstić information content (AvgIpc) is 3.33. The number of anilines is 1. The lowest BCUT2D eigenvalue weighted by Gasteiger charge is -2.27. The van der Waals surface area contributed by atoms with E-state index in [1.54, 1.807) is 19.9 Å². The molecule has 1 atom stereocenters. The fourth-order valence-electron chi connectivity index (χ4n) is 4.12. The van der Waals surface area contributed by atoms with Gasteiger partial charge in [0, 0.05) is 32.2 Å². The lowest BCUT2D eigenvalue weighted by atomic mass is 10.1. The number of nitrogens with one attached hydrogen (secondary N) is 2. The van der Waals surface area contributed by atoms with Crippen LogP contribution in [0.15, 0.2) is 23.1 Å². The Morgan fingerprint density at radius 2 is 1.56 bits per heavy atom. The van der Waals surface area contributed by atoms with Crippen molar-refractivity contribution in [1.82, 2.24) is 14.9 Å². The van der Waals surface area contributed by atoms with Crippen molar-refractivity contribution in [3.63, 3.8) is 0 Å². The fraction of sp³-hybridized carbons (Fsp3) is 0.609. The van der Waals surface area contributed by atoms with Gasteiger partial charge in [0.2, 0.25) is 10.0 Å². The van der Waals surface area contributed by atoms with Crippen LogP contribution in [0.25, 0.3) is 0 Å². The van der Waals surface area contributed by atoms with Crippen molar-refractivity contribution >= 4 is 33.6 Å². The maximum Gasteiger partial charge on any atom is 0.341 e. The zero-order chi connectivity index (χ0) is 24.9. The van der Waals surface area contributed by atoms with Crippen LogP contribution < -0.4 is 15.5 Å². The number of imide groups is 1. The predicted octanol–water partition coefficient (Wildman–Crippen LogP) is 2.24. The van der Waals surface area contributed by atoms with E-state index in [9.17, 15) is 22.8 Å². The standard InChI is InChI=1S/C23H34N4O6S/c1-16(2)24-23(30)25-21(28)17(3)33-22(29)19-15-18(9-10-20(19)26-11-7-8-12-26)34(31,32)27-13-5-4-6-14-27/h9-10,15-17H,4-8,11-14H2,1-3H3,(H2,24,25,28,30). The second-order valence-corrected chi connectivity index (χ2v) is 10.9. The summed E-state index contributed by atoms with van der Waals surface area (Å²) < 4.78 is 33.2. The van der Waals surface area contributed by atoms with Crippen LogP contribution in [0.4, 0.5) is 10.5 Å². The second kappa shape index (κ2) is 11.2. The molecule has 188 valence electrons. The molecule has 1 unspecified atom stereocenters. The number of rotatable bonds is 7. The third kappa shape index (κ3) is 6.26. The first kappa shape index (κ1) is 26.0. The average molecular weight is 495 g/mol. The molecule has 2 aliphatic rings. The van der Waals surface area contributed by atoms with E-state index < -0.39 is 34.0 Å². The van der Waals surface area contributed by atoms with Gasteiger partial charge in [-0.05, 0) is 64.7 Å². The number of hydrogen-bond donors (Lipinski definition) is 2. The zero-order valence-electron chi connectivity index (χ0n) is 20.0. The Morgan fingerprint density at radius 3 is 2.18 bits per heavy atom. The van der Waals surface area contributed by atoms with E-state index in [1.807, 2.05) is 4.90 Å². The van der Waals surface area contributed by atoms with Crippen LogP contribution in [0.2, 0.25) is 0 Å². The molecule has 2 fully saturated rings. The Labute approximate surface area is 201 Å². The van der Waals surface area contributed by atoms with Crippen LogP contribution in [-0.2, 0) is 19.6 Å². The monoisotopic (exact) mass is 494 g/mol. The van der Waals surface area contributed by atoms with Crippen molar-refractivity contribution in [1.29, 1.82) is 0 Å². The van der Waals surface area contributed by atoms with Gasteiger partial charge in [-0.1, -0.05) is 6.42 Å². The van der Waals surface area contributed by atoms with Gasteiger partial charge in [0.1, 0.15) is 0 Å². The van der Waals surface area contributed by atoms with Crippen molar-refractivity contribution in [3.8, 4) is 0 Å². The topological polar surface area (TPSA) is 125 Å². The molecule has 0 saturated carbocycles. The summed E-state index contributed by atoms with van der Waals surface area (Å²) in [7, 11) is -3.76. The Balaban J connectivity index is 1.83. The molecule has 3 amide bonds. The van der Waals surface area contributed by atoms with Gasteiger partial charge in [0.25, 0.3) is 5.91 Å². The molecular weight excluding hydrogens is 460 g/mol. The largest absolute Gasteiger partial charge is 0.449 e. The number of carbonyl (C=O) groups is 3. The van der Waals surface area contributed by atoms with E-state index in [1.165, 1.54) is 23.4 Å². The van der Waals surface area contributed by atoms with Crippen LogP contribution in [0.1, 0.15) is 63.2 Å². The Hall–Kier alpha value is -2.66. The Kier molecular flexibility index (Phi) is 8.53. The van der Waals surface area contributed by atoms with Crippen molar-refractivity contribution in [3.05, 3.63) is 23.8 Å². The molecule has 0 aliphatic carbocycles. The number of amides is 3. The van der Waals surface area contributed by atoms with E-state index in [0.717, 1.165) is 45.2 Å². The molecule has 2 N–H and O–H groups in total. The molecule has 1 aromatic rings. The molecule has 0 aromatic heterocycles. The molecule has 0 spiro atoms. The first-order valence-electron chi connectivity index (χ1n) is 11.8. The van der Waals surface area contributed by atoms with Crippen molar-refractivity contribution in [2.45, 2.75) is 69.9 Å². The Morgan fingerprint density at radius 1 is 0.941 bits per heavy atom. The molecule has 11 heteroatoms. The van der Waals surface area contributed by atoms with Crippen LogP contribution in [0.5, 0.6) is 0 Å². The van der Waals surface area contributed by atoms with Gasteiger partial charge in [-0.15, -0.1) is 0 Å². The number of benzene rings is 1. The SMILES string of the molecule is CC(C)NC(=O)NC(=O)C(C)OC(=O)c1cc(S(=O)(=O)N2CCCCC2)ccc1N1CCCC1. The third-order valence-electron chi connectivity index (χ3n) is 5.90. The van der Waals surface area contributed by atoms with Gasteiger partial charge in [0.05, 0.1) is 16.1 Å². The lowest BCUT2D eigenvalue weighted by molar-refractivity contribution is -0.127. The van der Waals surface area contributed by atoms with E-state index in [-0.39, 0.29) is 16.5 Å². The third-order valence-corrected chi connectivity index (χ3v) is 7.79. The molecule has 1 aromatic carbocycles. The summed E-state index contributed by atoms with van der Waals surface area (Å²) in [5.41, 5.74) is 0.663. The van der Waals surface area contributed by atoms with Crippen LogP contribution in [0.3, 0.4) is 0 Å². The summed E-state index contributed by atoms with van der Waals surface area (Å²) in [4.78, 5) is 39.3. The van der Waals surface area contributed by atoms with Crippen molar-refractivity contribution in [2.24, 2.45) is 0 Å². The van der Waals surface area contributed by atoms with Crippen LogP contribution >= 0.6 is 0 Å². The molecule has 3 rings (SSSR count). The van der Waals surface area contributed by atoms with Gasteiger partial charge in [-0.2, -0.15) is 4.31 Å². The van der Waals surface area contributed by atoms with Crippen LogP contribution in [0, 0.1) is 0 Å². The molecule has 10 nitrogen and oxygen atoms in total. The minimum atomic E-state index is -3.76. The number of hydrogen-bond acceptors (Lipinski definition) is 7. The highest BCUT2D eigenvalue weighted by Gasteiger charge is 2.30. The Bertz CT molecular complexity index is 1010. The normalized spacial score (nSPS) is 17.9. The highest BCUT2D eigenvalue weighted by Crippen LogP contribution is 2.30. The number of piperidine rings is 1. The minimum absolute atomic E-state index is 0.0257. The van der Waals surface area contributed by atoms with Crippen molar-refractivity contribution in [2.75, 3.05) is 31.1 Å². The number of ether oxygens (including phenoxy) is 1. The smallest absolute Gasteiger partial charge is 0.341 e. The summed E-state index contributed by atoms with van der Waals surface area (Å²) >= 11 is 0. The van der Waals surface area contributed by atoms with Gasteiger partial charge in [-0.3, -0.25) is 10.1 Å². The van der Waals surface area contributed by atoms with Gasteiger partial charge < -0.3 is 15.0 Å². The number of esters is 1. The lowest BCUT2D eigenvalue weighted by Crippen LogP contribution is -2.46. The fourth-order valence-corrected chi connectivity index (χ4v) is 5.66.